The zero-order valence-corrected chi connectivity index (χ0v) is 15.3. The molecule has 4 saturated carbocycles. The van der Waals surface area contributed by atoms with E-state index in [2.05, 4.69) is 33.4 Å². The summed E-state index contributed by atoms with van der Waals surface area (Å²) in [6.45, 7) is 11.5. The van der Waals surface area contributed by atoms with Crippen molar-refractivity contribution in [3.63, 3.8) is 0 Å². The molecule has 4 aliphatic rings. The Hall–Kier alpha value is -0.560. The molecule has 1 heteroatoms. The van der Waals surface area contributed by atoms with Gasteiger partial charge in [0.1, 0.15) is 0 Å². The Kier molecular flexibility index (Phi) is 3.61. The maximum Gasteiger partial charge on any atom is 0.0596 e. The monoisotopic (exact) mass is 314 g/mol. The van der Waals surface area contributed by atoms with E-state index in [1.54, 1.807) is 0 Å². The number of allylic oxidation sites excluding steroid dienone is 3. The molecule has 1 nitrogen and oxygen atoms in total. The van der Waals surface area contributed by atoms with Crippen molar-refractivity contribution in [1.29, 1.82) is 0 Å². The van der Waals surface area contributed by atoms with Crippen LogP contribution in [0.2, 0.25) is 0 Å². The van der Waals surface area contributed by atoms with Crippen LogP contribution in [0.25, 0.3) is 0 Å². The van der Waals surface area contributed by atoms with Gasteiger partial charge in [-0.15, -0.1) is 0 Å². The van der Waals surface area contributed by atoms with Crippen LogP contribution in [-0.2, 0) is 0 Å². The van der Waals surface area contributed by atoms with E-state index in [0.717, 1.165) is 30.1 Å². The van der Waals surface area contributed by atoms with Crippen molar-refractivity contribution >= 4 is 0 Å². The summed E-state index contributed by atoms with van der Waals surface area (Å²) in [6.07, 6.45) is 12.4. The zero-order chi connectivity index (χ0) is 16.4. The number of fused-ring (bicyclic) bond motifs is 5. The third-order valence-corrected chi connectivity index (χ3v) is 8.88. The summed E-state index contributed by atoms with van der Waals surface area (Å²) in [4.78, 5) is 0. The summed E-state index contributed by atoms with van der Waals surface area (Å²) in [5.74, 6) is 3.34. The zero-order valence-electron chi connectivity index (χ0n) is 15.3. The summed E-state index contributed by atoms with van der Waals surface area (Å²) in [6, 6.07) is 0. The molecule has 7 unspecified atom stereocenters. The minimum Gasteiger partial charge on any atom is -0.393 e. The highest BCUT2D eigenvalue weighted by molar-refractivity contribution is 5.34. The van der Waals surface area contributed by atoms with Crippen molar-refractivity contribution in [2.45, 2.75) is 78.2 Å². The van der Waals surface area contributed by atoms with Crippen LogP contribution in [0.3, 0.4) is 0 Å². The lowest BCUT2D eigenvalue weighted by molar-refractivity contribution is -0.111. The van der Waals surface area contributed by atoms with Crippen LogP contribution in [0.5, 0.6) is 0 Å². The number of hydrogen-bond donors (Lipinski definition) is 1. The smallest absolute Gasteiger partial charge is 0.0596 e. The van der Waals surface area contributed by atoms with E-state index >= 15 is 0 Å². The van der Waals surface area contributed by atoms with Gasteiger partial charge in [0.15, 0.2) is 0 Å². The number of aliphatic hydroxyl groups excluding tert-OH is 1. The van der Waals surface area contributed by atoms with Crippen LogP contribution in [-0.4, -0.2) is 11.2 Å². The van der Waals surface area contributed by atoms with Crippen molar-refractivity contribution in [2.75, 3.05) is 0 Å². The van der Waals surface area contributed by atoms with E-state index < -0.39 is 0 Å². The molecule has 0 amide bonds. The molecule has 0 saturated heterocycles. The maximum atomic E-state index is 10.6. The normalized spacial score (nSPS) is 54.5. The molecular formula is C22H34O. The molecule has 0 aromatic heterocycles. The number of hydrogen-bond acceptors (Lipinski definition) is 1. The SMILES string of the molecule is C=C1CC2CCC3C4CCC(O)C4(C)CCC3C2(C)C/C1=C/C. The third-order valence-electron chi connectivity index (χ3n) is 8.88. The molecule has 7 atom stereocenters. The van der Waals surface area contributed by atoms with Gasteiger partial charge in [-0.25, -0.2) is 0 Å². The van der Waals surface area contributed by atoms with Gasteiger partial charge in [0, 0.05) is 0 Å². The van der Waals surface area contributed by atoms with Crippen LogP contribution >= 0.6 is 0 Å². The second-order valence-electron chi connectivity index (χ2n) is 9.59. The number of rotatable bonds is 0. The average molecular weight is 315 g/mol. The molecule has 0 heterocycles. The lowest BCUT2D eigenvalue weighted by atomic mass is 9.44. The van der Waals surface area contributed by atoms with E-state index in [0.29, 0.717) is 5.41 Å². The highest BCUT2D eigenvalue weighted by Crippen LogP contribution is 2.66. The van der Waals surface area contributed by atoms with Gasteiger partial charge in [-0.3, -0.25) is 0 Å². The molecule has 1 N–H and O–H groups in total. The van der Waals surface area contributed by atoms with Gasteiger partial charge in [0.05, 0.1) is 6.10 Å². The van der Waals surface area contributed by atoms with Crippen molar-refractivity contribution in [1.82, 2.24) is 0 Å². The van der Waals surface area contributed by atoms with Gasteiger partial charge in [0.25, 0.3) is 0 Å². The first-order chi connectivity index (χ1) is 10.9. The predicted molar refractivity (Wildman–Crippen MR) is 96.0 cm³/mol. The molecule has 0 radical (unpaired) electrons. The van der Waals surface area contributed by atoms with Crippen molar-refractivity contribution in [3.8, 4) is 0 Å². The van der Waals surface area contributed by atoms with Crippen LogP contribution in [0.15, 0.2) is 23.8 Å². The van der Waals surface area contributed by atoms with E-state index in [4.69, 9.17) is 0 Å². The van der Waals surface area contributed by atoms with Gasteiger partial charge in [-0.1, -0.05) is 32.1 Å². The van der Waals surface area contributed by atoms with Crippen molar-refractivity contribution in [2.24, 2.45) is 34.5 Å². The second kappa shape index (κ2) is 5.22. The first kappa shape index (κ1) is 15.9. The molecule has 128 valence electrons. The Morgan fingerprint density at radius 3 is 2.52 bits per heavy atom. The summed E-state index contributed by atoms with van der Waals surface area (Å²) >= 11 is 0. The van der Waals surface area contributed by atoms with Gasteiger partial charge in [-0.2, -0.15) is 0 Å². The first-order valence-corrected chi connectivity index (χ1v) is 9.91. The summed E-state index contributed by atoms with van der Waals surface area (Å²) < 4.78 is 0. The molecule has 0 aromatic carbocycles. The van der Waals surface area contributed by atoms with Gasteiger partial charge < -0.3 is 5.11 Å². The summed E-state index contributed by atoms with van der Waals surface area (Å²) in [5, 5.41) is 10.6. The largest absolute Gasteiger partial charge is 0.393 e. The molecule has 0 bridgehead atoms. The standard InChI is InChI=1S/C22H34O/c1-5-15-13-22(4)16(12-14(15)2)6-7-17-18-8-9-20(23)21(18,3)11-10-19(17)22/h5,16-20,23H,2,6-13H2,1,3-4H3/b15-5-. The molecule has 0 spiro atoms. The quantitative estimate of drug-likeness (QED) is 0.625. The Morgan fingerprint density at radius 1 is 1.04 bits per heavy atom. The van der Waals surface area contributed by atoms with E-state index in [1.807, 2.05) is 0 Å². The maximum absolute atomic E-state index is 10.6. The number of aliphatic hydroxyl groups is 1. The Morgan fingerprint density at radius 2 is 1.78 bits per heavy atom. The minimum atomic E-state index is -0.0452. The van der Waals surface area contributed by atoms with E-state index in [1.165, 1.54) is 56.1 Å². The lowest BCUT2D eigenvalue weighted by Gasteiger charge is -2.60. The van der Waals surface area contributed by atoms with Crippen LogP contribution in [0, 0.1) is 34.5 Å². The molecule has 0 aromatic rings. The Bertz CT molecular complexity index is 546. The molecule has 4 aliphatic carbocycles. The van der Waals surface area contributed by atoms with Gasteiger partial charge in [-0.05, 0) is 98.4 Å². The van der Waals surface area contributed by atoms with E-state index in [9.17, 15) is 5.11 Å². The predicted octanol–water partition coefficient (Wildman–Crippen LogP) is 5.50. The molecule has 4 fully saturated rings. The summed E-state index contributed by atoms with van der Waals surface area (Å²) in [7, 11) is 0. The molecule has 23 heavy (non-hydrogen) atoms. The highest BCUT2D eigenvalue weighted by Gasteiger charge is 2.60. The fourth-order valence-corrected chi connectivity index (χ4v) is 7.39. The topological polar surface area (TPSA) is 20.2 Å². The van der Waals surface area contributed by atoms with Gasteiger partial charge >= 0.3 is 0 Å². The Labute approximate surface area is 142 Å². The van der Waals surface area contributed by atoms with Crippen molar-refractivity contribution < 1.29 is 5.11 Å². The van der Waals surface area contributed by atoms with Crippen LogP contribution < -0.4 is 0 Å². The fraction of sp³-hybridized carbons (Fsp3) is 0.818. The van der Waals surface area contributed by atoms with Crippen LogP contribution in [0.4, 0.5) is 0 Å². The Balaban J connectivity index is 1.66. The minimum absolute atomic E-state index is 0.0452. The lowest BCUT2D eigenvalue weighted by Crippen LogP contribution is -2.53. The highest BCUT2D eigenvalue weighted by atomic mass is 16.3. The molecule has 4 rings (SSSR count). The van der Waals surface area contributed by atoms with Gasteiger partial charge in [0.2, 0.25) is 0 Å². The van der Waals surface area contributed by atoms with E-state index in [-0.39, 0.29) is 11.5 Å². The first-order valence-electron chi connectivity index (χ1n) is 9.91. The average Bonchev–Trinajstić information content (AvgIpc) is 2.83. The third kappa shape index (κ3) is 2.08. The second-order valence-corrected chi connectivity index (χ2v) is 9.59. The fourth-order valence-electron chi connectivity index (χ4n) is 7.39. The van der Waals surface area contributed by atoms with Crippen molar-refractivity contribution in [3.05, 3.63) is 23.8 Å². The molecule has 0 aliphatic heterocycles. The molecular weight excluding hydrogens is 280 g/mol. The summed E-state index contributed by atoms with van der Waals surface area (Å²) in [5.41, 5.74) is 3.63. The van der Waals surface area contributed by atoms with Crippen LogP contribution in [0.1, 0.15) is 72.1 Å².